The maximum atomic E-state index is 12.5. The smallest absolute Gasteiger partial charge is 0.271 e. The average Bonchev–Trinajstić information content (AvgIpc) is 3.23. The van der Waals surface area contributed by atoms with Gasteiger partial charge in [0, 0.05) is 11.8 Å². The van der Waals surface area contributed by atoms with Gasteiger partial charge in [0.2, 0.25) is 5.91 Å². The number of aromatic amines is 1. The third-order valence-corrected chi connectivity index (χ3v) is 5.91. The number of benzene rings is 1. The molecule has 1 aromatic carbocycles. The fourth-order valence-corrected chi connectivity index (χ4v) is 4.43. The van der Waals surface area contributed by atoms with Crippen molar-refractivity contribution in [3.63, 3.8) is 0 Å². The highest BCUT2D eigenvalue weighted by atomic mass is 32.2. The van der Waals surface area contributed by atoms with Gasteiger partial charge in [-0.1, -0.05) is 46.5 Å². The highest BCUT2D eigenvalue weighted by Crippen LogP contribution is 2.24. The van der Waals surface area contributed by atoms with Crippen LogP contribution in [-0.2, 0) is 4.79 Å². The minimum Gasteiger partial charge on any atom is -0.360 e. The number of aromatic nitrogens is 4. The Kier molecular flexibility index (Phi) is 5.11. The monoisotopic (exact) mass is 431 g/mol. The first kappa shape index (κ1) is 18.6. The van der Waals surface area contributed by atoms with Crippen molar-refractivity contribution in [2.45, 2.75) is 12.1 Å². The number of rotatable bonds is 5. The molecule has 11 heteroatoms. The molecule has 0 radical (unpaired) electrons. The summed E-state index contributed by atoms with van der Waals surface area (Å²) in [5, 5.41) is 6.67. The number of fused-ring (bicyclic) bond motifs is 1. The molecule has 0 unspecified atom stereocenters. The highest BCUT2D eigenvalue weighted by molar-refractivity contribution is 7.99. The van der Waals surface area contributed by atoms with Crippen LogP contribution in [-0.4, -0.2) is 31.4 Å². The molecule has 0 bridgehead atoms. The molecule has 0 aliphatic heterocycles. The molecular weight excluding hydrogens is 418 g/mol. The molecule has 28 heavy (non-hydrogen) atoms. The van der Waals surface area contributed by atoms with E-state index in [0.717, 1.165) is 17.4 Å². The van der Waals surface area contributed by atoms with Crippen LogP contribution in [0.3, 0.4) is 0 Å². The molecule has 0 spiro atoms. The minimum absolute atomic E-state index is 0.0521. The Morgan fingerprint density at radius 1 is 1.39 bits per heavy atom. The van der Waals surface area contributed by atoms with Gasteiger partial charge in [0.05, 0.1) is 5.75 Å². The number of hydrogen-bond donors (Lipinski definition) is 2. The summed E-state index contributed by atoms with van der Waals surface area (Å²) in [6.45, 7) is 1.73. The van der Waals surface area contributed by atoms with E-state index in [9.17, 15) is 9.59 Å². The van der Waals surface area contributed by atoms with Gasteiger partial charge in [-0.2, -0.15) is 0 Å². The number of thioether (sulfide) groups is 1. The van der Waals surface area contributed by atoms with E-state index in [4.69, 9.17) is 16.7 Å². The van der Waals surface area contributed by atoms with E-state index in [-0.39, 0.29) is 17.2 Å². The van der Waals surface area contributed by atoms with Crippen molar-refractivity contribution < 1.29 is 9.32 Å². The van der Waals surface area contributed by atoms with Crippen molar-refractivity contribution in [1.29, 1.82) is 0 Å². The van der Waals surface area contributed by atoms with Gasteiger partial charge in [0.1, 0.15) is 10.5 Å². The molecule has 4 aromatic rings. The summed E-state index contributed by atoms with van der Waals surface area (Å²) in [5.74, 6) is 0.708. The molecule has 0 aliphatic rings. The van der Waals surface area contributed by atoms with Gasteiger partial charge in [-0.3, -0.25) is 14.2 Å². The lowest BCUT2D eigenvalue weighted by molar-refractivity contribution is -0.113. The van der Waals surface area contributed by atoms with Crippen LogP contribution >= 0.6 is 35.3 Å². The zero-order chi connectivity index (χ0) is 19.7. The van der Waals surface area contributed by atoms with E-state index in [1.807, 2.05) is 30.3 Å². The Hall–Kier alpha value is -2.76. The van der Waals surface area contributed by atoms with Crippen molar-refractivity contribution in [3.8, 4) is 5.69 Å². The van der Waals surface area contributed by atoms with Crippen molar-refractivity contribution >= 4 is 57.4 Å². The number of anilines is 1. The number of carbonyl (C=O) groups is 1. The second-order valence-corrected chi connectivity index (χ2v) is 8.33. The highest BCUT2D eigenvalue weighted by Gasteiger charge is 2.15. The summed E-state index contributed by atoms with van der Waals surface area (Å²) in [7, 11) is 0. The third-order valence-electron chi connectivity index (χ3n) is 3.67. The van der Waals surface area contributed by atoms with Gasteiger partial charge in [-0.05, 0) is 31.3 Å². The molecule has 0 atom stereocenters. The van der Waals surface area contributed by atoms with Gasteiger partial charge in [-0.15, -0.1) is 0 Å². The number of nitrogens with one attached hydrogen (secondary N) is 2. The first-order valence-electron chi connectivity index (χ1n) is 8.08. The Morgan fingerprint density at radius 3 is 2.89 bits per heavy atom. The summed E-state index contributed by atoms with van der Waals surface area (Å²) in [6, 6.07) is 11.1. The van der Waals surface area contributed by atoms with E-state index in [0.29, 0.717) is 31.0 Å². The lowest BCUT2D eigenvalue weighted by Gasteiger charge is -2.05. The first-order valence-corrected chi connectivity index (χ1v) is 10.3. The molecule has 3 heterocycles. The number of hydrogen-bond acceptors (Lipinski definition) is 8. The number of H-pyrrole nitrogens is 1. The second kappa shape index (κ2) is 7.70. The van der Waals surface area contributed by atoms with Gasteiger partial charge < -0.3 is 14.8 Å². The van der Waals surface area contributed by atoms with Crippen molar-refractivity contribution in [2.24, 2.45) is 0 Å². The molecule has 1 amide bonds. The van der Waals surface area contributed by atoms with E-state index in [1.54, 1.807) is 17.6 Å². The van der Waals surface area contributed by atoms with E-state index >= 15 is 0 Å². The number of thiazole rings is 1. The van der Waals surface area contributed by atoms with E-state index in [2.05, 4.69) is 20.4 Å². The molecule has 0 aliphatic carbocycles. The molecule has 3 aromatic heterocycles. The average molecular weight is 432 g/mol. The predicted octanol–water partition coefficient (Wildman–Crippen LogP) is 3.53. The molecule has 8 nitrogen and oxygen atoms in total. The Morgan fingerprint density at radius 2 is 2.18 bits per heavy atom. The number of carbonyl (C=O) groups excluding carboxylic acids is 1. The predicted molar refractivity (Wildman–Crippen MR) is 111 cm³/mol. The summed E-state index contributed by atoms with van der Waals surface area (Å²) >= 11 is 7.74. The van der Waals surface area contributed by atoms with Crippen LogP contribution in [0.5, 0.6) is 0 Å². The number of nitrogens with zero attached hydrogens (tertiary/aromatic N) is 3. The minimum atomic E-state index is -0.286. The number of amides is 1. The van der Waals surface area contributed by atoms with Gasteiger partial charge in [-0.25, -0.2) is 4.98 Å². The second-order valence-electron chi connectivity index (χ2n) is 5.72. The van der Waals surface area contributed by atoms with Crippen molar-refractivity contribution in [1.82, 2.24) is 19.7 Å². The third kappa shape index (κ3) is 3.77. The van der Waals surface area contributed by atoms with Crippen LogP contribution in [0, 0.1) is 10.9 Å². The molecule has 2 N–H and O–H groups in total. The molecule has 142 valence electrons. The normalized spacial score (nSPS) is 11.0. The van der Waals surface area contributed by atoms with Crippen LogP contribution in [0.15, 0.2) is 50.9 Å². The van der Waals surface area contributed by atoms with Gasteiger partial charge in [0.25, 0.3) is 5.56 Å². The zero-order valence-electron chi connectivity index (χ0n) is 14.5. The standard InChI is InChI=1S/C17H13N5O3S3/c1-9-7-11(21-25-9)18-12(23)8-27-16-19-14-13(15(24)20-16)28-17(26)22(14)10-5-3-2-4-6-10/h2-7H,8H2,1H3,(H,18,21,23)(H,19,20,24). The number of aryl methyl sites for hydroxylation is 1. The maximum Gasteiger partial charge on any atom is 0.271 e. The molecule has 4 rings (SSSR count). The van der Waals surface area contributed by atoms with Crippen LogP contribution in [0.2, 0.25) is 0 Å². The van der Waals surface area contributed by atoms with Crippen molar-refractivity contribution in [2.75, 3.05) is 11.1 Å². The largest absolute Gasteiger partial charge is 0.360 e. The van der Waals surface area contributed by atoms with E-state index in [1.165, 1.54) is 11.3 Å². The van der Waals surface area contributed by atoms with Gasteiger partial charge >= 0.3 is 0 Å². The maximum absolute atomic E-state index is 12.5. The van der Waals surface area contributed by atoms with Crippen molar-refractivity contribution in [3.05, 3.63) is 56.5 Å². The van der Waals surface area contributed by atoms with Crippen LogP contribution in [0.4, 0.5) is 5.82 Å². The fraction of sp³-hybridized carbons (Fsp3) is 0.118. The first-order chi connectivity index (χ1) is 13.5. The molecular formula is C17H13N5O3S3. The molecule has 0 fully saturated rings. The summed E-state index contributed by atoms with van der Waals surface area (Å²) in [5.41, 5.74) is 1.01. The Bertz CT molecular complexity index is 1270. The van der Waals surface area contributed by atoms with Gasteiger partial charge in [0.15, 0.2) is 20.6 Å². The van der Waals surface area contributed by atoms with Crippen LogP contribution < -0.4 is 10.9 Å². The SMILES string of the molecule is Cc1cc(NC(=O)CSc2nc3c(sc(=S)n3-c3ccccc3)c(=O)[nH]2)no1. The number of para-hydroxylation sites is 1. The lowest BCUT2D eigenvalue weighted by atomic mass is 10.3. The fourth-order valence-electron chi connectivity index (χ4n) is 2.50. The Balaban J connectivity index is 1.61. The quantitative estimate of drug-likeness (QED) is 0.283. The topological polar surface area (TPSA) is 106 Å². The lowest BCUT2D eigenvalue weighted by Crippen LogP contribution is -2.15. The van der Waals surface area contributed by atoms with Crippen LogP contribution in [0.1, 0.15) is 5.76 Å². The summed E-state index contributed by atoms with van der Waals surface area (Å²) < 4.78 is 7.64. The zero-order valence-corrected chi connectivity index (χ0v) is 16.9. The van der Waals surface area contributed by atoms with Crippen LogP contribution in [0.25, 0.3) is 16.0 Å². The molecule has 0 saturated carbocycles. The Labute approximate surface area is 171 Å². The molecule has 0 saturated heterocycles. The summed E-state index contributed by atoms with van der Waals surface area (Å²) in [4.78, 5) is 31.8. The summed E-state index contributed by atoms with van der Waals surface area (Å²) in [6.07, 6.45) is 0. The van der Waals surface area contributed by atoms with E-state index < -0.39 is 0 Å².